The van der Waals surface area contributed by atoms with Gasteiger partial charge in [0.25, 0.3) is 5.91 Å². The first kappa shape index (κ1) is 20.3. The van der Waals surface area contributed by atoms with Crippen molar-refractivity contribution in [3.63, 3.8) is 0 Å². The Bertz CT molecular complexity index is 1050. The molecule has 3 aromatic rings. The highest BCUT2D eigenvalue weighted by Gasteiger charge is 2.22. The number of rotatable bonds is 7. The van der Waals surface area contributed by atoms with Crippen LogP contribution in [0.25, 0.3) is 0 Å². The summed E-state index contributed by atoms with van der Waals surface area (Å²) in [6.07, 6.45) is 1.25. The van der Waals surface area contributed by atoms with Crippen LogP contribution in [0.4, 0.5) is 0 Å². The number of methoxy groups -OCH3 is 1. The zero-order chi connectivity index (χ0) is 21.0. The third-order valence-electron chi connectivity index (χ3n) is 4.52. The van der Waals surface area contributed by atoms with Crippen LogP contribution in [0, 0.1) is 13.8 Å². The molecule has 2 heterocycles. The molecule has 0 aliphatic rings. The summed E-state index contributed by atoms with van der Waals surface area (Å²) in [5.41, 5.74) is 1.04. The van der Waals surface area contributed by atoms with Gasteiger partial charge in [0.15, 0.2) is 0 Å². The predicted molar refractivity (Wildman–Crippen MR) is 105 cm³/mol. The van der Waals surface area contributed by atoms with Crippen LogP contribution in [0.5, 0.6) is 5.75 Å². The van der Waals surface area contributed by atoms with E-state index in [0.29, 0.717) is 35.9 Å². The Morgan fingerprint density at radius 3 is 2.41 bits per heavy atom. The standard InChI is InChI=1S/C21H23N3O5/c1-13-11-17(10-7-15-5-8-16(27-4)9-6-15)29-21(26)19(13)20(25)24(3)12-18-23-22-14(2)28-18/h5-6,8-9,11H,7,10,12H2,1-4H3. The van der Waals surface area contributed by atoms with Gasteiger partial charge in [-0.05, 0) is 42.7 Å². The van der Waals surface area contributed by atoms with Crippen molar-refractivity contribution in [1.82, 2.24) is 15.1 Å². The number of nitrogens with zero attached hydrogens (tertiary/aromatic N) is 3. The van der Waals surface area contributed by atoms with Gasteiger partial charge in [-0.2, -0.15) is 0 Å². The summed E-state index contributed by atoms with van der Waals surface area (Å²) in [6.45, 7) is 3.51. The van der Waals surface area contributed by atoms with Crippen molar-refractivity contribution in [3.05, 3.63) is 75.0 Å². The molecule has 2 aromatic heterocycles. The van der Waals surface area contributed by atoms with Crippen molar-refractivity contribution in [2.75, 3.05) is 14.2 Å². The van der Waals surface area contributed by atoms with Gasteiger partial charge in [0.2, 0.25) is 11.8 Å². The monoisotopic (exact) mass is 397 g/mol. The Morgan fingerprint density at radius 1 is 1.10 bits per heavy atom. The number of ether oxygens (including phenoxy) is 1. The SMILES string of the molecule is COc1ccc(CCc2cc(C)c(C(=O)N(C)Cc3nnc(C)o3)c(=O)o2)cc1. The van der Waals surface area contributed by atoms with Crippen LogP contribution >= 0.6 is 0 Å². The lowest BCUT2D eigenvalue weighted by Gasteiger charge is -2.15. The van der Waals surface area contributed by atoms with Crippen molar-refractivity contribution in [2.24, 2.45) is 0 Å². The smallest absolute Gasteiger partial charge is 0.349 e. The molecule has 0 bridgehead atoms. The summed E-state index contributed by atoms with van der Waals surface area (Å²) < 4.78 is 15.8. The van der Waals surface area contributed by atoms with Crippen LogP contribution in [0.1, 0.15) is 39.0 Å². The minimum Gasteiger partial charge on any atom is -0.497 e. The number of aryl methyl sites for hydroxylation is 4. The van der Waals surface area contributed by atoms with E-state index in [-0.39, 0.29) is 12.1 Å². The van der Waals surface area contributed by atoms with E-state index in [9.17, 15) is 9.59 Å². The highest BCUT2D eigenvalue weighted by molar-refractivity contribution is 5.94. The predicted octanol–water partition coefficient (Wildman–Crippen LogP) is 2.71. The lowest BCUT2D eigenvalue weighted by Crippen LogP contribution is -2.31. The fourth-order valence-electron chi connectivity index (χ4n) is 2.98. The molecule has 0 aliphatic carbocycles. The number of amides is 1. The number of carbonyl (C=O) groups excluding carboxylic acids is 1. The van der Waals surface area contributed by atoms with E-state index < -0.39 is 11.5 Å². The number of hydrogen-bond donors (Lipinski definition) is 0. The zero-order valence-electron chi connectivity index (χ0n) is 16.9. The Kier molecular flexibility index (Phi) is 6.11. The van der Waals surface area contributed by atoms with Crippen LogP contribution in [-0.4, -0.2) is 35.2 Å². The summed E-state index contributed by atoms with van der Waals surface area (Å²) in [4.78, 5) is 26.5. The van der Waals surface area contributed by atoms with E-state index in [1.807, 2.05) is 24.3 Å². The number of hydrogen-bond acceptors (Lipinski definition) is 7. The van der Waals surface area contributed by atoms with Gasteiger partial charge in [-0.25, -0.2) is 4.79 Å². The van der Waals surface area contributed by atoms with Crippen LogP contribution in [0.3, 0.4) is 0 Å². The van der Waals surface area contributed by atoms with Gasteiger partial charge in [-0.3, -0.25) is 4.79 Å². The van der Waals surface area contributed by atoms with Crippen molar-refractivity contribution < 1.29 is 18.4 Å². The molecule has 0 radical (unpaired) electrons. The van der Waals surface area contributed by atoms with Crippen molar-refractivity contribution >= 4 is 5.91 Å². The molecule has 0 saturated heterocycles. The highest BCUT2D eigenvalue weighted by atomic mass is 16.5. The summed E-state index contributed by atoms with van der Waals surface area (Å²) >= 11 is 0. The van der Waals surface area contributed by atoms with Gasteiger partial charge in [-0.1, -0.05) is 12.1 Å². The van der Waals surface area contributed by atoms with Gasteiger partial charge in [0.05, 0.1) is 13.7 Å². The largest absolute Gasteiger partial charge is 0.497 e. The molecule has 0 spiro atoms. The summed E-state index contributed by atoms with van der Waals surface area (Å²) in [6, 6.07) is 9.45. The van der Waals surface area contributed by atoms with E-state index >= 15 is 0 Å². The van der Waals surface area contributed by atoms with Crippen LogP contribution in [0.2, 0.25) is 0 Å². The Balaban J connectivity index is 1.70. The van der Waals surface area contributed by atoms with E-state index in [0.717, 1.165) is 11.3 Å². The van der Waals surface area contributed by atoms with Gasteiger partial charge >= 0.3 is 5.63 Å². The lowest BCUT2D eigenvalue weighted by molar-refractivity contribution is 0.0766. The maximum absolute atomic E-state index is 12.7. The molecule has 0 atom stereocenters. The molecule has 8 nitrogen and oxygen atoms in total. The minimum absolute atomic E-state index is 0.0111. The zero-order valence-corrected chi connectivity index (χ0v) is 16.9. The average Bonchev–Trinajstić information content (AvgIpc) is 3.10. The van der Waals surface area contributed by atoms with E-state index in [4.69, 9.17) is 13.6 Å². The Labute approximate surface area is 168 Å². The number of aromatic nitrogens is 2. The second-order valence-electron chi connectivity index (χ2n) is 6.78. The van der Waals surface area contributed by atoms with E-state index in [1.165, 1.54) is 4.90 Å². The molecule has 8 heteroatoms. The number of carbonyl (C=O) groups is 1. The van der Waals surface area contributed by atoms with Crippen molar-refractivity contribution in [1.29, 1.82) is 0 Å². The molecule has 29 heavy (non-hydrogen) atoms. The molecule has 0 unspecified atom stereocenters. The molecule has 152 valence electrons. The second-order valence-corrected chi connectivity index (χ2v) is 6.78. The van der Waals surface area contributed by atoms with Crippen LogP contribution in [-0.2, 0) is 19.4 Å². The first-order valence-corrected chi connectivity index (χ1v) is 9.18. The third kappa shape index (κ3) is 4.90. The second kappa shape index (κ2) is 8.72. The third-order valence-corrected chi connectivity index (χ3v) is 4.52. The molecule has 0 saturated carbocycles. The highest BCUT2D eigenvalue weighted by Crippen LogP contribution is 2.15. The minimum atomic E-state index is -0.645. The maximum Gasteiger partial charge on any atom is 0.349 e. The van der Waals surface area contributed by atoms with Crippen molar-refractivity contribution in [3.8, 4) is 5.75 Å². The molecule has 1 amide bonds. The van der Waals surface area contributed by atoms with Gasteiger partial charge in [0.1, 0.15) is 17.1 Å². The molecule has 0 aliphatic heterocycles. The molecular formula is C21H23N3O5. The summed E-state index contributed by atoms with van der Waals surface area (Å²) in [5.74, 6) is 1.59. The normalized spacial score (nSPS) is 10.8. The summed E-state index contributed by atoms with van der Waals surface area (Å²) in [7, 11) is 3.19. The van der Waals surface area contributed by atoms with E-state index in [1.54, 1.807) is 34.1 Å². The van der Waals surface area contributed by atoms with Crippen LogP contribution in [0.15, 0.2) is 44.0 Å². The van der Waals surface area contributed by atoms with E-state index in [2.05, 4.69) is 10.2 Å². The Morgan fingerprint density at radius 2 is 1.83 bits per heavy atom. The quantitative estimate of drug-likeness (QED) is 0.604. The molecule has 0 fully saturated rings. The van der Waals surface area contributed by atoms with Crippen molar-refractivity contribution in [2.45, 2.75) is 33.2 Å². The lowest BCUT2D eigenvalue weighted by atomic mass is 10.1. The van der Waals surface area contributed by atoms with Gasteiger partial charge in [-0.15, -0.1) is 10.2 Å². The molecule has 1 aromatic carbocycles. The molecule has 3 rings (SSSR count). The fraction of sp³-hybridized carbons (Fsp3) is 0.333. The first-order chi connectivity index (χ1) is 13.9. The first-order valence-electron chi connectivity index (χ1n) is 9.18. The Hall–Kier alpha value is -3.42. The van der Waals surface area contributed by atoms with Gasteiger partial charge in [0, 0.05) is 20.4 Å². The maximum atomic E-state index is 12.7. The molecular weight excluding hydrogens is 374 g/mol. The fourth-order valence-corrected chi connectivity index (χ4v) is 2.98. The topological polar surface area (TPSA) is 98.7 Å². The molecule has 0 N–H and O–H groups in total. The average molecular weight is 397 g/mol. The summed E-state index contributed by atoms with van der Waals surface area (Å²) in [5, 5.41) is 7.60. The van der Waals surface area contributed by atoms with Gasteiger partial charge < -0.3 is 18.5 Å². The van der Waals surface area contributed by atoms with Crippen LogP contribution < -0.4 is 10.4 Å². The number of benzene rings is 1.